The number of hydrazine groups is 1. The Morgan fingerprint density at radius 2 is 2.03 bits per heavy atom. The van der Waals surface area contributed by atoms with Crippen molar-refractivity contribution in [2.24, 2.45) is 0 Å². The van der Waals surface area contributed by atoms with Gasteiger partial charge in [-0.1, -0.05) is 13.0 Å². The van der Waals surface area contributed by atoms with Gasteiger partial charge in [0.05, 0.1) is 6.54 Å². The molecule has 2 atom stereocenters. The Balaban J connectivity index is 1.42. The molecular weight excluding hydrogens is 376 g/mol. The molecule has 4 amide bonds. The molecule has 0 spiro atoms. The van der Waals surface area contributed by atoms with Crippen LogP contribution < -0.4 is 20.2 Å². The van der Waals surface area contributed by atoms with Gasteiger partial charge in [-0.05, 0) is 50.4 Å². The minimum Gasteiger partial charge on any atom is -0.486 e. The Morgan fingerprint density at radius 1 is 1.28 bits per heavy atom. The van der Waals surface area contributed by atoms with Crippen LogP contribution in [0.3, 0.4) is 0 Å². The summed E-state index contributed by atoms with van der Waals surface area (Å²) in [7, 11) is 0. The maximum atomic E-state index is 12.6. The molecule has 3 heterocycles. The lowest BCUT2D eigenvalue weighted by Gasteiger charge is -2.26. The Morgan fingerprint density at radius 3 is 2.76 bits per heavy atom. The van der Waals surface area contributed by atoms with Crippen LogP contribution in [0.2, 0.25) is 0 Å². The zero-order valence-electron chi connectivity index (χ0n) is 16.7. The topological polar surface area (TPSA) is 100 Å². The molecule has 2 saturated heterocycles. The molecule has 9 nitrogen and oxygen atoms in total. The quantitative estimate of drug-likeness (QED) is 0.721. The predicted molar refractivity (Wildman–Crippen MR) is 103 cm³/mol. The minimum absolute atomic E-state index is 0.0700. The van der Waals surface area contributed by atoms with Gasteiger partial charge in [0.25, 0.3) is 11.8 Å². The van der Waals surface area contributed by atoms with E-state index in [0.29, 0.717) is 19.6 Å². The highest BCUT2D eigenvalue weighted by Crippen LogP contribution is 2.37. The monoisotopic (exact) mass is 402 g/mol. The summed E-state index contributed by atoms with van der Waals surface area (Å²) in [5.74, 6) is 0.629. The van der Waals surface area contributed by atoms with Crippen LogP contribution in [-0.4, -0.2) is 59.6 Å². The van der Waals surface area contributed by atoms with Crippen molar-refractivity contribution in [3.63, 3.8) is 0 Å². The second-order valence-electron chi connectivity index (χ2n) is 7.82. The van der Waals surface area contributed by atoms with Crippen molar-refractivity contribution >= 4 is 17.8 Å². The van der Waals surface area contributed by atoms with Crippen LogP contribution >= 0.6 is 0 Å². The number of carbonyl (C=O) groups excluding carboxylic acids is 3. The van der Waals surface area contributed by atoms with Gasteiger partial charge in [0.15, 0.2) is 11.5 Å². The second kappa shape index (κ2) is 7.55. The van der Waals surface area contributed by atoms with Gasteiger partial charge >= 0.3 is 6.03 Å². The lowest BCUT2D eigenvalue weighted by molar-refractivity contribution is -0.139. The van der Waals surface area contributed by atoms with Crippen molar-refractivity contribution < 1.29 is 23.9 Å². The van der Waals surface area contributed by atoms with E-state index in [9.17, 15) is 14.4 Å². The highest BCUT2D eigenvalue weighted by Gasteiger charge is 2.47. The van der Waals surface area contributed by atoms with Crippen LogP contribution in [0.1, 0.15) is 44.7 Å². The summed E-state index contributed by atoms with van der Waals surface area (Å²) < 4.78 is 11.2. The van der Waals surface area contributed by atoms with E-state index < -0.39 is 23.4 Å². The van der Waals surface area contributed by atoms with Crippen molar-refractivity contribution in [1.82, 2.24) is 20.7 Å². The molecule has 156 valence electrons. The molecule has 2 fully saturated rings. The predicted octanol–water partition coefficient (Wildman–Crippen LogP) is 1.35. The van der Waals surface area contributed by atoms with E-state index in [1.54, 1.807) is 6.92 Å². The maximum absolute atomic E-state index is 12.6. The number of likely N-dealkylation sites (tertiary alicyclic amines) is 1. The lowest BCUT2D eigenvalue weighted by Crippen LogP contribution is -2.51. The molecule has 0 unspecified atom stereocenters. The zero-order valence-corrected chi connectivity index (χ0v) is 16.7. The normalized spacial score (nSPS) is 26.6. The molecular formula is C20H26N4O5. The van der Waals surface area contributed by atoms with Crippen LogP contribution in [0.4, 0.5) is 4.79 Å². The average Bonchev–Trinajstić information content (AvgIpc) is 3.26. The summed E-state index contributed by atoms with van der Waals surface area (Å²) in [4.78, 5) is 39.2. The standard InChI is InChI=1S/C20H26N4O5/c1-3-20(2)18(26)24(19(27)21-20)22-17(25)12-23-8-4-5-14(23)13-6-7-15-16(11-13)29-10-9-28-15/h6-7,11,14H,3-5,8-10,12H2,1-2H3,(H,21,27)(H,22,25)/t14-,20+/m0/s1. The first-order valence-corrected chi connectivity index (χ1v) is 10.0. The molecule has 1 aromatic rings. The smallest absolute Gasteiger partial charge is 0.344 e. The summed E-state index contributed by atoms with van der Waals surface area (Å²) in [6.07, 6.45) is 2.33. The Bertz CT molecular complexity index is 844. The third-order valence-electron chi connectivity index (χ3n) is 5.87. The number of amides is 4. The second-order valence-corrected chi connectivity index (χ2v) is 7.82. The SMILES string of the molecule is CC[C@@]1(C)NC(=O)N(NC(=O)CN2CCC[C@H]2c2ccc3c(c2)OCCO3)C1=O. The molecule has 3 aliphatic rings. The number of urea groups is 1. The van der Waals surface area contributed by atoms with E-state index in [2.05, 4.69) is 15.6 Å². The van der Waals surface area contributed by atoms with Crippen LogP contribution in [-0.2, 0) is 9.59 Å². The van der Waals surface area contributed by atoms with Crippen molar-refractivity contribution in [2.45, 2.75) is 44.7 Å². The van der Waals surface area contributed by atoms with Gasteiger partial charge in [0.2, 0.25) is 0 Å². The summed E-state index contributed by atoms with van der Waals surface area (Å²) in [6.45, 7) is 5.39. The molecule has 2 N–H and O–H groups in total. The zero-order chi connectivity index (χ0) is 20.6. The number of ether oxygens (including phenoxy) is 2. The molecule has 29 heavy (non-hydrogen) atoms. The molecule has 0 saturated carbocycles. The Labute approximate surface area is 169 Å². The highest BCUT2D eigenvalue weighted by atomic mass is 16.6. The number of hydrogen-bond donors (Lipinski definition) is 2. The fourth-order valence-corrected chi connectivity index (χ4v) is 4.03. The summed E-state index contributed by atoms with van der Waals surface area (Å²) in [5.41, 5.74) is 2.55. The van der Waals surface area contributed by atoms with Gasteiger partial charge < -0.3 is 14.8 Å². The van der Waals surface area contributed by atoms with Gasteiger partial charge in [0.1, 0.15) is 18.8 Å². The number of rotatable bonds is 5. The Kier molecular flexibility index (Phi) is 5.08. The number of nitrogens with zero attached hydrogens (tertiary/aromatic N) is 2. The number of hydrogen-bond acceptors (Lipinski definition) is 6. The van der Waals surface area contributed by atoms with Crippen molar-refractivity contribution in [2.75, 3.05) is 26.3 Å². The fraction of sp³-hybridized carbons (Fsp3) is 0.550. The molecule has 0 aromatic heterocycles. The minimum atomic E-state index is -0.980. The lowest BCUT2D eigenvalue weighted by atomic mass is 10.00. The van der Waals surface area contributed by atoms with Crippen LogP contribution in [0.15, 0.2) is 18.2 Å². The summed E-state index contributed by atoms with van der Waals surface area (Å²) in [5, 5.41) is 3.42. The number of imide groups is 1. The van der Waals surface area contributed by atoms with E-state index in [1.165, 1.54) is 0 Å². The molecule has 1 aromatic carbocycles. The molecule has 9 heteroatoms. The average molecular weight is 402 g/mol. The first-order chi connectivity index (χ1) is 13.9. The van der Waals surface area contributed by atoms with E-state index in [0.717, 1.165) is 41.5 Å². The third kappa shape index (κ3) is 3.62. The van der Waals surface area contributed by atoms with Gasteiger partial charge in [0, 0.05) is 6.04 Å². The molecule has 3 aliphatic heterocycles. The van der Waals surface area contributed by atoms with E-state index in [1.807, 2.05) is 25.1 Å². The van der Waals surface area contributed by atoms with Gasteiger partial charge in [-0.2, -0.15) is 5.01 Å². The van der Waals surface area contributed by atoms with Crippen molar-refractivity contribution in [3.05, 3.63) is 23.8 Å². The van der Waals surface area contributed by atoms with Crippen LogP contribution in [0.5, 0.6) is 11.5 Å². The summed E-state index contributed by atoms with van der Waals surface area (Å²) >= 11 is 0. The highest BCUT2D eigenvalue weighted by molar-refractivity contribution is 6.07. The molecule has 4 rings (SSSR count). The number of benzene rings is 1. The van der Waals surface area contributed by atoms with Crippen LogP contribution in [0, 0.1) is 0 Å². The van der Waals surface area contributed by atoms with E-state index in [-0.39, 0.29) is 12.6 Å². The number of nitrogens with one attached hydrogen (secondary N) is 2. The molecule has 0 bridgehead atoms. The van der Waals surface area contributed by atoms with E-state index >= 15 is 0 Å². The third-order valence-corrected chi connectivity index (χ3v) is 5.87. The number of carbonyl (C=O) groups is 3. The van der Waals surface area contributed by atoms with E-state index in [4.69, 9.17) is 9.47 Å². The molecule has 0 radical (unpaired) electrons. The van der Waals surface area contributed by atoms with Gasteiger partial charge in [-0.15, -0.1) is 0 Å². The largest absolute Gasteiger partial charge is 0.486 e. The van der Waals surface area contributed by atoms with Crippen molar-refractivity contribution in [3.8, 4) is 11.5 Å². The first-order valence-electron chi connectivity index (χ1n) is 10.0. The number of fused-ring (bicyclic) bond motifs is 1. The van der Waals surface area contributed by atoms with Gasteiger partial charge in [-0.25, -0.2) is 4.79 Å². The summed E-state index contributed by atoms with van der Waals surface area (Å²) in [6, 6.07) is 5.34. The van der Waals surface area contributed by atoms with Gasteiger partial charge in [-0.3, -0.25) is 19.9 Å². The Hall–Kier alpha value is -2.81. The molecule has 0 aliphatic carbocycles. The fourth-order valence-electron chi connectivity index (χ4n) is 4.03. The maximum Gasteiger partial charge on any atom is 0.344 e. The van der Waals surface area contributed by atoms with Crippen LogP contribution in [0.25, 0.3) is 0 Å². The van der Waals surface area contributed by atoms with Crippen molar-refractivity contribution in [1.29, 1.82) is 0 Å². The first kappa shape index (κ1) is 19.5.